The molecule has 0 aliphatic heterocycles. The molecule has 0 aromatic rings. The third-order valence-corrected chi connectivity index (χ3v) is 9.23. The van der Waals surface area contributed by atoms with Crippen molar-refractivity contribution in [2.75, 3.05) is 26.4 Å². The van der Waals surface area contributed by atoms with Crippen molar-refractivity contribution < 1.29 is 37.6 Å². The highest BCUT2D eigenvalue weighted by atomic mass is 31.2. The number of carbonyl (C=O) groups excluding carboxylic acids is 2. The molecule has 0 bridgehead atoms. The Balaban J connectivity index is 4.12. The summed E-state index contributed by atoms with van der Waals surface area (Å²) in [5, 5.41) is 0. The topological polar surface area (TPSA) is 134 Å². The minimum atomic E-state index is -4.36. The summed E-state index contributed by atoms with van der Waals surface area (Å²) in [6.07, 6.45) is 29.9. The van der Waals surface area contributed by atoms with Gasteiger partial charge in [-0.2, -0.15) is 0 Å². The zero-order valence-electron chi connectivity index (χ0n) is 29.8. The first-order valence-electron chi connectivity index (χ1n) is 19.0. The predicted molar refractivity (Wildman–Crippen MR) is 188 cm³/mol. The smallest absolute Gasteiger partial charge is 0.462 e. The van der Waals surface area contributed by atoms with Crippen molar-refractivity contribution in [3.8, 4) is 0 Å². The Labute approximate surface area is 282 Å². The fourth-order valence-corrected chi connectivity index (χ4v) is 6.16. The largest absolute Gasteiger partial charge is 0.472 e. The normalized spacial score (nSPS) is 13.4. The van der Waals surface area contributed by atoms with Crippen LogP contribution in [0.3, 0.4) is 0 Å². The van der Waals surface area contributed by atoms with Crippen molar-refractivity contribution in [1.82, 2.24) is 0 Å². The number of carbonyl (C=O) groups is 2. The molecular formula is C36H72NO8P. The van der Waals surface area contributed by atoms with Crippen LogP contribution < -0.4 is 5.73 Å². The third-order valence-electron chi connectivity index (χ3n) is 8.24. The van der Waals surface area contributed by atoms with E-state index in [4.69, 9.17) is 24.3 Å². The van der Waals surface area contributed by atoms with Gasteiger partial charge >= 0.3 is 19.8 Å². The van der Waals surface area contributed by atoms with Crippen LogP contribution in [0.4, 0.5) is 0 Å². The molecule has 0 aliphatic carbocycles. The van der Waals surface area contributed by atoms with Crippen molar-refractivity contribution in [3.05, 3.63) is 0 Å². The van der Waals surface area contributed by atoms with Gasteiger partial charge in [0.1, 0.15) is 6.61 Å². The molecule has 0 aliphatic rings. The Bertz CT molecular complexity index is 739. The molecule has 46 heavy (non-hydrogen) atoms. The van der Waals surface area contributed by atoms with Crippen molar-refractivity contribution >= 4 is 19.8 Å². The van der Waals surface area contributed by atoms with E-state index in [0.717, 1.165) is 32.1 Å². The van der Waals surface area contributed by atoms with Crippen LogP contribution in [0.15, 0.2) is 0 Å². The Kier molecular flexibility index (Phi) is 33.2. The number of phosphoric ester groups is 1. The second-order valence-corrected chi connectivity index (χ2v) is 14.3. The average molecular weight is 678 g/mol. The van der Waals surface area contributed by atoms with Gasteiger partial charge in [-0.3, -0.25) is 18.6 Å². The van der Waals surface area contributed by atoms with Gasteiger partial charge in [-0.15, -0.1) is 0 Å². The van der Waals surface area contributed by atoms with E-state index in [-0.39, 0.29) is 38.6 Å². The second-order valence-electron chi connectivity index (χ2n) is 12.8. The quantitative estimate of drug-likeness (QED) is 0.0377. The molecule has 10 heteroatoms. The summed E-state index contributed by atoms with van der Waals surface area (Å²) in [5.41, 5.74) is 5.32. The molecule has 0 saturated heterocycles. The maximum absolute atomic E-state index is 12.4. The summed E-state index contributed by atoms with van der Waals surface area (Å²) >= 11 is 0. The molecule has 9 nitrogen and oxygen atoms in total. The Morgan fingerprint density at radius 3 is 1.33 bits per heavy atom. The van der Waals surface area contributed by atoms with E-state index in [1.54, 1.807) is 0 Å². The fraction of sp³-hybridized carbons (Fsp3) is 0.944. The summed E-state index contributed by atoms with van der Waals surface area (Å²) in [6.45, 7) is 3.72. The molecule has 0 amide bonds. The second kappa shape index (κ2) is 33.9. The molecule has 0 saturated carbocycles. The summed E-state index contributed by atoms with van der Waals surface area (Å²) in [7, 11) is -4.36. The first kappa shape index (κ1) is 45.0. The van der Waals surface area contributed by atoms with Crippen LogP contribution in [-0.4, -0.2) is 49.3 Å². The average Bonchev–Trinajstić information content (AvgIpc) is 3.04. The van der Waals surface area contributed by atoms with Gasteiger partial charge in [-0.05, 0) is 12.8 Å². The first-order chi connectivity index (χ1) is 22.3. The Hall–Kier alpha value is -0.990. The lowest BCUT2D eigenvalue weighted by Gasteiger charge is -2.19. The van der Waals surface area contributed by atoms with Crippen LogP contribution in [0.1, 0.15) is 187 Å². The lowest BCUT2D eigenvalue weighted by Crippen LogP contribution is -2.29. The van der Waals surface area contributed by atoms with Gasteiger partial charge in [0, 0.05) is 19.4 Å². The predicted octanol–water partition coefficient (Wildman–Crippen LogP) is 10.1. The van der Waals surface area contributed by atoms with E-state index in [0.29, 0.717) is 6.42 Å². The van der Waals surface area contributed by atoms with Gasteiger partial charge in [0.15, 0.2) is 6.10 Å². The number of hydrogen-bond acceptors (Lipinski definition) is 8. The van der Waals surface area contributed by atoms with E-state index in [9.17, 15) is 19.0 Å². The van der Waals surface area contributed by atoms with Crippen LogP contribution >= 0.6 is 7.82 Å². The number of rotatable bonds is 36. The van der Waals surface area contributed by atoms with Crippen LogP contribution in [0.2, 0.25) is 0 Å². The van der Waals surface area contributed by atoms with Crippen molar-refractivity contribution in [3.63, 3.8) is 0 Å². The number of phosphoric acid groups is 1. The number of ether oxygens (including phenoxy) is 2. The van der Waals surface area contributed by atoms with Gasteiger partial charge in [0.2, 0.25) is 0 Å². The maximum atomic E-state index is 12.4. The van der Waals surface area contributed by atoms with Gasteiger partial charge in [-0.25, -0.2) is 4.57 Å². The number of hydrogen-bond donors (Lipinski definition) is 2. The minimum absolute atomic E-state index is 0.0576. The Morgan fingerprint density at radius 2 is 0.935 bits per heavy atom. The van der Waals surface area contributed by atoms with Gasteiger partial charge in [0.05, 0.1) is 13.2 Å². The number of nitrogens with two attached hydrogens (primary N) is 1. The zero-order valence-corrected chi connectivity index (χ0v) is 30.7. The molecule has 0 aromatic heterocycles. The molecule has 0 heterocycles. The highest BCUT2D eigenvalue weighted by Gasteiger charge is 2.25. The SMILES string of the molecule is CCCCCCCCCCCCCCCCCCC(=O)OC[C@H](COP(=O)(O)OCCN)OC(=O)CCCCCCCCCCC. The van der Waals surface area contributed by atoms with Gasteiger partial charge < -0.3 is 20.1 Å². The summed E-state index contributed by atoms with van der Waals surface area (Å²) in [6, 6.07) is 0. The highest BCUT2D eigenvalue weighted by Crippen LogP contribution is 2.43. The van der Waals surface area contributed by atoms with Crippen molar-refractivity contribution in [2.24, 2.45) is 5.73 Å². The highest BCUT2D eigenvalue weighted by molar-refractivity contribution is 7.47. The van der Waals surface area contributed by atoms with Crippen LogP contribution in [0, 0.1) is 0 Å². The van der Waals surface area contributed by atoms with Gasteiger partial charge in [0.25, 0.3) is 0 Å². The molecular weight excluding hydrogens is 605 g/mol. The van der Waals surface area contributed by atoms with Crippen LogP contribution in [0.5, 0.6) is 0 Å². The van der Waals surface area contributed by atoms with Crippen LogP contribution in [-0.2, 0) is 32.7 Å². The van der Waals surface area contributed by atoms with Crippen LogP contribution in [0.25, 0.3) is 0 Å². The molecule has 274 valence electrons. The monoisotopic (exact) mass is 677 g/mol. The first-order valence-corrected chi connectivity index (χ1v) is 20.5. The van der Waals surface area contributed by atoms with E-state index in [1.807, 2.05) is 0 Å². The van der Waals surface area contributed by atoms with E-state index < -0.39 is 26.5 Å². The summed E-state index contributed by atoms with van der Waals surface area (Å²) < 4.78 is 32.6. The lowest BCUT2D eigenvalue weighted by atomic mass is 10.0. The third kappa shape index (κ3) is 32.9. The molecule has 0 rings (SSSR count). The molecule has 3 N–H and O–H groups in total. The molecule has 2 atom stereocenters. The maximum Gasteiger partial charge on any atom is 0.472 e. The molecule has 0 aromatic carbocycles. The fourth-order valence-electron chi connectivity index (χ4n) is 5.40. The molecule has 0 spiro atoms. The molecule has 0 radical (unpaired) electrons. The zero-order chi connectivity index (χ0) is 34.0. The van der Waals surface area contributed by atoms with Crippen molar-refractivity contribution in [1.29, 1.82) is 0 Å². The van der Waals surface area contributed by atoms with E-state index >= 15 is 0 Å². The standard InChI is InChI=1S/C36H72NO8P/c1-3-5-7-9-11-13-14-15-16-17-18-19-21-22-24-26-28-35(38)42-32-34(33-44-46(40,41)43-31-30-37)45-36(39)29-27-25-23-20-12-10-8-6-4-2/h34H,3-33,37H2,1-2H3,(H,40,41)/t34-/m1/s1. The number of unbranched alkanes of at least 4 members (excludes halogenated alkanes) is 23. The summed E-state index contributed by atoms with van der Waals surface area (Å²) in [5.74, 6) is -0.821. The number of esters is 2. The minimum Gasteiger partial charge on any atom is -0.462 e. The van der Waals surface area contributed by atoms with E-state index in [2.05, 4.69) is 13.8 Å². The molecule has 1 unspecified atom stereocenters. The van der Waals surface area contributed by atoms with E-state index in [1.165, 1.54) is 122 Å². The van der Waals surface area contributed by atoms with Crippen molar-refractivity contribution in [2.45, 2.75) is 193 Å². The molecule has 0 fully saturated rings. The lowest BCUT2D eigenvalue weighted by molar-refractivity contribution is -0.161. The van der Waals surface area contributed by atoms with Gasteiger partial charge in [-0.1, -0.05) is 162 Å². The summed E-state index contributed by atoms with van der Waals surface area (Å²) in [4.78, 5) is 34.6. The Morgan fingerprint density at radius 1 is 0.565 bits per heavy atom.